The smallest absolute Gasteiger partial charge is 0.239 e. The Kier molecular flexibility index (Phi) is 7.12. The van der Waals surface area contributed by atoms with Crippen LogP contribution in [0.25, 0.3) is 11.1 Å². The van der Waals surface area contributed by atoms with Crippen molar-refractivity contribution in [1.29, 1.82) is 0 Å². The molecule has 0 N–H and O–H groups in total. The van der Waals surface area contributed by atoms with Crippen molar-refractivity contribution in [2.45, 2.75) is 31.6 Å². The van der Waals surface area contributed by atoms with Crippen LogP contribution in [0.2, 0.25) is 0 Å². The highest BCUT2D eigenvalue weighted by Gasteiger charge is 2.82. The van der Waals surface area contributed by atoms with Crippen molar-refractivity contribution in [2.24, 2.45) is 11.8 Å². The zero-order valence-corrected chi connectivity index (χ0v) is 28.3. The van der Waals surface area contributed by atoms with Gasteiger partial charge in [-0.05, 0) is 72.4 Å². The van der Waals surface area contributed by atoms with Crippen molar-refractivity contribution in [2.75, 3.05) is 12.0 Å². The van der Waals surface area contributed by atoms with Crippen LogP contribution in [0.1, 0.15) is 50.7 Å². The molecule has 1 saturated carbocycles. The molecule has 0 radical (unpaired) electrons. The van der Waals surface area contributed by atoms with Gasteiger partial charge in [-0.2, -0.15) is 0 Å². The third-order valence-electron chi connectivity index (χ3n) is 11.0. The fourth-order valence-electron chi connectivity index (χ4n) is 8.89. The Morgan fingerprint density at radius 2 is 1.06 bits per heavy atom. The van der Waals surface area contributed by atoms with Crippen LogP contribution in [-0.4, -0.2) is 30.5 Å². The molecule has 1 aliphatic heterocycles. The van der Waals surface area contributed by atoms with E-state index in [1.165, 1.54) is 18.9 Å². The number of Topliss-reactive ketones (excluding diaryl/α,β-unsaturated/α-hetero) is 2. The number of hydrogen-bond donors (Lipinski definition) is 0. The number of ketones is 2. The predicted octanol–water partition coefficient (Wildman–Crippen LogP) is 7.70. The summed E-state index contributed by atoms with van der Waals surface area (Å²) in [5.74, 6) is -3.28. The van der Waals surface area contributed by atoms with Crippen molar-refractivity contribution >= 4 is 40.2 Å². The van der Waals surface area contributed by atoms with Gasteiger partial charge in [0.2, 0.25) is 11.8 Å². The van der Waals surface area contributed by atoms with Crippen molar-refractivity contribution in [3.05, 3.63) is 166 Å². The molecule has 1 saturated heterocycles. The summed E-state index contributed by atoms with van der Waals surface area (Å²) in [5.41, 5.74) is 4.00. The molecule has 5 aromatic carbocycles. The van der Waals surface area contributed by atoms with E-state index in [-0.39, 0.29) is 23.0 Å². The molecule has 8 rings (SSSR count). The first kappa shape index (κ1) is 31.4. The first-order valence-corrected chi connectivity index (χ1v) is 16.8. The van der Waals surface area contributed by atoms with Crippen molar-refractivity contribution in [3.63, 3.8) is 0 Å². The normalized spacial score (nSPS) is 23.8. The van der Waals surface area contributed by atoms with Crippen LogP contribution in [0, 0.1) is 25.7 Å². The number of carbonyl (C=O) groups is 4. The Balaban J connectivity index is 1.54. The standard InChI is InChI=1S/C44H35NO5/c1-26-15-19-29(20-16-26)36-37(30-21-17-27(2)18-22-30)44(33-13-9-6-10-14-33)39-38(43(36,42(44)49)32-11-7-5-8-12-32)40(47)45(41(39)48)34-25-31(28(3)46)23-24-35(34)50-4/h5-25,38-39H,1-4H3. The number of carbonyl (C=O) groups excluding carboxylic acids is 4. The summed E-state index contributed by atoms with van der Waals surface area (Å²) in [7, 11) is 1.47. The Morgan fingerprint density at radius 3 is 1.46 bits per heavy atom. The molecule has 5 aromatic rings. The van der Waals surface area contributed by atoms with Crippen LogP contribution in [0.5, 0.6) is 5.75 Å². The molecule has 2 bridgehead atoms. The van der Waals surface area contributed by atoms with E-state index < -0.39 is 34.5 Å². The Labute approximate surface area is 291 Å². The van der Waals surface area contributed by atoms with Crippen LogP contribution >= 0.6 is 0 Å². The SMILES string of the molecule is COc1ccc(C(C)=O)cc1N1C(=O)C2C(C1=O)C1(c3ccccc3)C(=O)C2(c2ccccc2)C(c2ccc(C)cc2)=C1c1ccc(C)cc1. The second-order valence-electron chi connectivity index (χ2n) is 13.6. The quantitative estimate of drug-likeness (QED) is 0.132. The number of anilines is 1. The fraction of sp³-hybridized carbons (Fsp3) is 0.182. The zero-order chi connectivity index (χ0) is 34.9. The van der Waals surface area contributed by atoms with Gasteiger partial charge in [0.1, 0.15) is 5.75 Å². The highest BCUT2D eigenvalue weighted by Crippen LogP contribution is 2.74. The number of ether oxygens (including phenoxy) is 1. The number of nitrogens with zero attached hydrogens (tertiary/aromatic N) is 1. The van der Waals surface area contributed by atoms with Gasteiger partial charge in [0, 0.05) is 5.56 Å². The highest BCUT2D eigenvalue weighted by atomic mass is 16.5. The topological polar surface area (TPSA) is 80.8 Å². The van der Waals surface area contributed by atoms with E-state index in [0.717, 1.165) is 33.4 Å². The number of allylic oxidation sites excluding steroid dienone is 2. The highest BCUT2D eigenvalue weighted by molar-refractivity contribution is 6.39. The minimum Gasteiger partial charge on any atom is -0.495 e. The van der Waals surface area contributed by atoms with Crippen molar-refractivity contribution in [3.8, 4) is 5.75 Å². The summed E-state index contributed by atoms with van der Waals surface area (Å²) in [6.45, 7) is 5.46. The van der Waals surface area contributed by atoms with E-state index in [1.807, 2.05) is 123 Å². The summed E-state index contributed by atoms with van der Waals surface area (Å²) in [6, 6.07) is 39.8. The monoisotopic (exact) mass is 657 g/mol. The summed E-state index contributed by atoms with van der Waals surface area (Å²) in [4.78, 5) is 60.5. The van der Waals surface area contributed by atoms with Crippen LogP contribution in [0.4, 0.5) is 5.69 Å². The first-order valence-electron chi connectivity index (χ1n) is 16.8. The summed E-state index contributed by atoms with van der Waals surface area (Å²) in [5, 5.41) is 0. The van der Waals surface area contributed by atoms with E-state index in [4.69, 9.17) is 4.74 Å². The summed E-state index contributed by atoms with van der Waals surface area (Å²) < 4.78 is 5.69. The van der Waals surface area contributed by atoms with E-state index in [2.05, 4.69) is 0 Å². The maximum atomic E-state index is 16.1. The number of hydrogen-bond acceptors (Lipinski definition) is 5. The minimum atomic E-state index is -1.52. The molecular formula is C44H35NO5. The van der Waals surface area contributed by atoms with Crippen LogP contribution in [-0.2, 0) is 25.2 Å². The summed E-state index contributed by atoms with van der Waals surface area (Å²) >= 11 is 0. The van der Waals surface area contributed by atoms with Crippen LogP contribution < -0.4 is 9.64 Å². The zero-order valence-electron chi connectivity index (χ0n) is 28.3. The molecule has 0 spiro atoms. The van der Waals surface area contributed by atoms with Gasteiger partial charge in [-0.25, -0.2) is 4.90 Å². The molecule has 50 heavy (non-hydrogen) atoms. The largest absolute Gasteiger partial charge is 0.495 e. The molecule has 2 aliphatic carbocycles. The van der Waals surface area contributed by atoms with E-state index in [1.54, 1.807) is 18.2 Å². The third-order valence-corrected chi connectivity index (χ3v) is 11.0. The Hall–Kier alpha value is -5.88. The average Bonchev–Trinajstić information content (AvgIpc) is 3.64. The number of aryl methyl sites for hydroxylation is 2. The number of rotatable bonds is 7. The lowest BCUT2D eigenvalue weighted by Crippen LogP contribution is -2.45. The number of methoxy groups -OCH3 is 1. The molecular weight excluding hydrogens is 622 g/mol. The molecule has 246 valence electrons. The van der Waals surface area contributed by atoms with E-state index in [0.29, 0.717) is 16.7 Å². The van der Waals surface area contributed by atoms with E-state index in [9.17, 15) is 4.79 Å². The number of fused-ring (bicyclic) bond motifs is 5. The minimum absolute atomic E-state index is 0.186. The van der Waals surface area contributed by atoms with E-state index >= 15 is 14.4 Å². The summed E-state index contributed by atoms with van der Waals surface area (Å²) in [6.07, 6.45) is 0. The maximum absolute atomic E-state index is 16.1. The van der Waals surface area contributed by atoms with Gasteiger partial charge in [-0.15, -0.1) is 0 Å². The van der Waals surface area contributed by atoms with Gasteiger partial charge in [-0.3, -0.25) is 19.2 Å². The lowest BCUT2D eigenvalue weighted by Gasteiger charge is -2.39. The third kappa shape index (κ3) is 4.02. The first-order chi connectivity index (χ1) is 24.2. The van der Waals surface area contributed by atoms with Crippen molar-refractivity contribution in [1.82, 2.24) is 0 Å². The second kappa shape index (κ2) is 11.3. The average molecular weight is 658 g/mol. The van der Waals surface area contributed by atoms with Gasteiger partial charge < -0.3 is 4.74 Å². The maximum Gasteiger partial charge on any atom is 0.239 e. The molecule has 4 atom stereocenters. The van der Waals surface area contributed by atoms with Gasteiger partial charge in [0.05, 0.1) is 35.5 Å². The number of amides is 2. The van der Waals surface area contributed by atoms with Crippen LogP contribution in [0.15, 0.2) is 127 Å². The lowest BCUT2D eigenvalue weighted by molar-refractivity contribution is -0.130. The number of imide groups is 1. The lowest BCUT2D eigenvalue weighted by atomic mass is 9.59. The van der Waals surface area contributed by atoms with Gasteiger partial charge >= 0.3 is 0 Å². The molecule has 0 aromatic heterocycles. The van der Waals surface area contributed by atoms with Crippen molar-refractivity contribution < 1.29 is 23.9 Å². The van der Waals surface area contributed by atoms with Gasteiger partial charge in [-0.1, -0.05) is 120 Å². The molecule has 1 heterocycles. The molecule has 6 heteroatoms. The second-order valence-corrected chi connectivity index (χ2v) is 13.6. The molecule has 6 nitrogen and oxygen atoms in total. The Bertz CT molecular complexity index is 2130. The number of benzene rings is 5. The molecule has 4 unspecified atom stereocenters. The molecule has 3 aliphatic rings. The Morgan fingerprint density at radius 1 is 0.620 bits per heavy atom. The molecule has 2 amide bonds. The fourth-order valence-corrected chi connectivity index (χ4v) is 8.89. The van der Waals surface area contributed by atoms with Gasteiger partial charge in [0.25, 0.3) is 0 Å². The van der Waals surface area contributed by atoms with Gasteiger partial charge in [0.15, 0.2) is 11.6 Å². The molecule has 2 fully saturated rings. The predicted molar refractivity (Wildman–Crippen MR) is 193 cm³/mol. The van der Waals surface area contributed by atoms with Crippen LogP contribution in [0.3, 0.4) is 0 Å².